The van der Waals surface area contributed by atoms with Gasteiger partial charge >= 0.3 is 0 Å². The quantitative estimate of drug-likeness (QED) is 0.907. The number of halogens is 1. The van der Waals surface area contributed by atoms with E-state index in [4.69, 9.17) is 21.1 Å². The second-order valence-electron chi connectivity index (χ2n) is 3.87. The summed E-state index contributed by atoms with van der Waals surface area (Å²) >= 11 is 6.05. The van der Waals surface area contributed by atoms with Crippen LogP contribution in [0.15, 0.2) is 41.0 Å². The molecule has 1 N–H and O–H groups in total. The minimum atomic E-state index is -0.0407. The summed E-state index contributed by atoms with van der Waals surface area (Å²) in [4.78, 5) is 2.03. The molecule has 0 unspecified atom stereocenters. The van der Waals surface area contributed by atoms with Crippen molar-refractivity contribution in [2.45, 2.75) is 13.2 Å². The number of aliphatic hydroxyl groups excluding tert-OH is 1. The summed E-state index contributed by atoms with van der Waals surface area (Å²) in [6.07, 6.45) is 1.66. The minimum absolute atomic E-state index is 0.0407. The molecule has 0 aliphatic heterocycles. The van der Waals surface area contributed by atoms with Gasteiger partial charge in [-0.1, -0.05) is 17.7 Å². The lowest BCUT2D eigenvalue weighted by Crippen LogP contribution is -2.15. The first-order valence-electron chi connectivity index (χ1n) is 5.33. The lowest BCUT2D eigenvalue weighted by Gasteiger charge is -2.18. The van der Waals surface area contributed by atoms with Crippen molar-refractivity contribution in [1.29, 1.82) is 0 Å². The Kier molecular flexibility index (Phi) is 3.71. The molecule has 0 amide bonds. The third-order valence-electron chi connectivity index (χ3n) is 2.62. The molecule has 2 aromatic rings. The molecule has 0 spiro atoms. The van der Waals surface area contributed by atoms with Gasteiger partial charge in [0, 0.05) is 17.8 Å². The summed E-state index contributed by atoms with van der Waals surface area (Å²) in [5.41, 5.74) is 1.73. The monoisotopic (exact) mass is 251 g/mol. The Labute approximate surface area is 105 Å². The second kappa shape index (κ2) is 5.25. The number of furan rings is 1. The van der Waals surface area contributed by atoms with Gasteiger partial charge in [-0.05, 0) is 29.8 Å². The van der Waals surface area contributed by atoms with Gasteiger partial charge in [0.2, 0.25) is 0 Å². The van der Waals surface area contributed by atoms with Crippen molar-refractivity contribution in [3.63, 3.8) is 0 Å². The summed E-state index contributed by atoms with van der Waals surface area (Å²) in [5, 5.41) is 9.62. The van der Waals surface area contributed by atoms with Crippen molar-refractivity contribution in [3.05, 3.63) is 52.9 Å². The molecule has 2 rings (SSSR count). The van der Waals surface area contributed by atoms with Crippen LogP contribution in [0.2, 0.25) is 5.02 Å². The van der Waals surface area contributed by atoms with E-state index < -0.39 is 0 Å². The molecule has 90 valence electrons. The highest BCUT2D eigenvalue weighted by Gasteiger charge is 2.06. The number of anilines is 1. The highest BCUT2D eigenvalue weighted by Crippen LogP contribution is 2.24. The van der Waals surface area contributed by atoms with Gasteiger partial charge in [-0.2, -0.15) is 0 Å². The molecule has 0 fully saturated rings. The van der Waals surface area contributed by atoms with Crippen molar-refractivity contribution in [3.8, 4) is 0 Å². The van der Waals surface area contributed by atoms with Crippen LogP contribution in [0, 0.1) is 0 Å². The Bertz CT molecular complexity index is 482. The highest BCUT2D eigenvalue weighted by atomic mass is 35.5. The van der Waals surface area contributed by atoms with Gasteiger partial charge in [-0.3, -0.25) is 0 Å². The van der Waals surface area contributed by atoms with E-state index in [1.807, 2.05) is 42.3 Å². The summed E-state index contributed by atoms with van der Waals surface area (Å²) in [7, 11) is 1.97. The van der Waals surface area contributed by atoms with Crippen LogP contribution in [-0.2, 0) is 13.2 Å². The van der Waals surface area contributed by atoms with Gasteiger partial charge in [0.15, 0.2) is 0 Å². The minimum Gasteiger partial charge on any atom is -0.467 e. The van der Waals surface area contributed by atoms with E-state index in [1.165, 1.54) is 0 Å². The molecule has 0 radical (unpaired) electrons. The van der Waals surface area contributed by atoms with E-state index in [0.29, 0.717) is 11.6 Å². The number of hydrogen-bond donors (Lipinski definition) is 1. The van der Waals surface area contributed by atoms with Crippen LogP contribution in [0.5, 0.6) is 0 Å². The third-order valence-corrected chi connectivity index (χ3v) is 2.97. The van der Waals surface area contributed by atoms with Crippen LogP contribution in [0.1, 0.15) is 11.3 Å². The molecule has 0 aliphatic carbocycles. The lowest BCUT2D eigenvalue weighted by molar-refractivity contribution is 0.282. The summed E-state index contributed by atoms with van der Waals surface area (Å²) < 4.78 is 5.29. The first-order chi connectivity index (χ1) is 8.20. The maximum atomic E-state index is 9.04. The van der Waals surface area contributed by atoms with Gasteiger partial charge in [0.1, 0.15) is 5.76 Å². The van der Waals surface area contributed by atoms with E-state index in [1.54, 1.807) is 6.26 Å². The lowest BCUT2D eigenvalue weighted by atomic mass is 10.2. The zero-order valence-corrected chi connectivity index (χ0v) is 10.3. The van der Waals surface area contributed by atoms with E-state index in [0.717, 1.165) is 17.0 Å². The third kappa shape index (κ3) is 2.81. The van der Waals surface area contributed by atoms with Crippen LogP contribution in [0.25, 0.3) is 0 Å². The van der Waals surface area contributed by atoms with Crippen LogP contribution >= 0.6 is 11.6 Å². The second-order valence-corrected chi connectivity index (χ2v) is 4.28. The van der Waals surface area contributed by atoms with Gasteiger partial charge in [0.05, 0.1) is 19.4 Å². The maximum Gasteiger partial charge on any atom is 0.123 e. The number of hydrogen-bond acceptors (Lipinski definition) is 3. The van der Waals surface area contributed by atoms with Crippen molar-refractivity contribution in [2.75, 3.05) is 11.9 Å². The molecular formula is C13H14ClNO2. The molecule has 4 heteroatoms. The Morgan fingerprint density at radius 3 is 2.76 bits per heavy atom. The fourth-order valence-electron chi connectivity index (χ4n) is 1.63. The zero-order valence-electron chi connectivity index (χ0n) is 9.56. The zero-order chi connectivity index (χ0) is 12.3. The fourth-order valence-corrected chi connectivity index (χ4v) is 1.86. The Morgan fingerprint density at radius 2 is 2.18 bits per heavy atom. The van der Waals surface area contributed by atoms with Gasteiger partial charge < -0.3 is 14.4 Å². The molecule has 1 aromatic heterocycles. The summed E-state index contributed by atoms with van der Waals surface area (Å²) in [6, 6.07) is 9.40. The molecule has 17 heavy (non-hydrogen) atoms. The van der Waals surface area contributed by atoms with E-state index in [9.17, 15) is 0 Å². The number of rotatable bonds is 4. The van der Waals surface area contributed by atoms with Crippen molar-refractivity contribution >= 4 is 17.3 Å². The highest BCUT2D eigenvalue weighted by molar-refractivity contribution is 6.31. The summed E-state index contributed by atoms with van der Waals surface area (Å²) in [5.74, 6) is 0.898. The molecule has 0 atom stereocenters. The maximum absolute atomic E-state index is 9.04. The Balaban J connectivity index is 2.14. The topological polar surface area (TPSA) is 36.6 Å². The molecule has 1 heterocycles. The first-order valence-corrected chi connectivity index (χ1v) is 5.71. The van der Waals surface area contributed by atoms with E-state index >= 15 is 0 Å². The van der Waals surface area contributed by atoms with Crippen molar-refractivity contribution in [1.82, 2.24) is 0 Å². The van der Waals surface area contributed by atoms with Gasteiger partial charge in [-0.15, -0.1) is 0 Å². The molecule has 0 saturated carbocycles. The standard InChI is InChI=1S/C13H14ClNO2/c1-15(8-12-3-2-6-17-12)11-5-4-10(9-16)13(14)7-11/h2-7,16H,8-9H2,1H3. The Morgan fingerprint density at radius 1 is 1.35 bits per heavy atom. The Hall–Kier alpha value is -1.45. The largest absolute Gasteiger partial charge is 0.467 e. The smallest absolute Gasteiger partial charge is 0.123 e. The predicted octanol–water partition coefficient (Wildman–Crippen LogP) is 3.06. The number of nitrogens with zero attached hydrogens (tertiary/aromatic N) is 1. The number of aliphatic hydroxyl groups is 1. The summed E-state index contributed by atoms with van der Waals surface area (Å²) in [6.45, 7) is 0.642. The predicted molar refractivity (Wildman–Crippen MR) is 68.2 cm³/mol. The fraction of sp³-hybridized carbons (Fsp3) is 0.231. The van der Waals surface area contributed by atoms with Crippen LogP contribution in [0.3, 0.4) is 0 Å². The van der Waals surface area contributed by atoms with Crippen LogP contribution in [0.4, 0.5) is 5.69 Å². The molecule has 3 nitrogen and oxygen atoms in total. The molecule has 1 aromatic carbocycles. The van der Waals surface area contributed by atoms with E-state index in [-0.39, 0.29) is 6.61 Å². The average Bonchev–Trinajstić information content (AvgIpc) is 2.81. The normalized spacial score (nSPS) is 10.5. The van der Waals surface area contributed by atoms with Gasteiger partial charge in [0.25, 0.3) is 0 Å². The van der Waals surface area contributed by atoms with E-state index in [2.05, 4.69) is 0 Å². The first kappa shape index (κ1) is 12.0. The SMILES string of the molecule is CN(Cc1ccco1)c1ccc(CO)c(Cl)c1. The van der Waals surface area contributed by atoms with Crippen molar-refractivity contribution in [2.24, 2.45) is 0 Å². The number of benzene rings is 1. The molecular weight excluding hydrogens is 238 g/mol. The van der Waals surface area contributed by atoms with Crippen LogP contribution < -0.4 is 4.90 Å². The average molecular weight is 252 g/mol. The molecule has 0 bridgehead atoms. The molecule has 0 saturated heterocycles. The molecule has 0 aliphatic rings. The van der Waals surface area contributed by atoms with Crippen molar-refractivity contribution < 1.29 is 9.52 Å². The van der Waals surface area contributed by atoms with Crippen LogP contribution in [-0.4, -0.2) is 12.2 Å². The van der Waals surface area contributed by atoms with Gasteiger partial charge in [-0.25, -0.2) is 0 Å².